The smallest absolute Gasteiger partial charge is 0.276 e. The number of anilines is 2. The van der Waals surface area contributed by atoms with Gasteiger partial charge in [0, 0.05) is 19.3 Å². The third kappa shape index (κ3) is 3.60. The van der Waals surface area contributed by atoms with Crippen molar-refractivity contribution in [3.05, 3.63) is 53.3 Å². The van der Waals surface area contributed by atoms with Crippen LogP contribution in [0.3, 0.4) is 0 Å². The van der Waals surface area contributed by atoms with Gasteiger partial charge in [-0.1, -0.05) is 6.07 Å². The Morgan fingerprint density at radius 2 is 1.86 bits per heavy atom. The van der Waals surface area contributed by atoms with E-state index in [1.807, 2.05) is 39.0 Å². The van der Waals surface area contributed by atoms with Crippen LogP contribution in [0.2, 0.25) is 0 Å². The summed E-state index contributed by atoms with van der Waals surface area (Å²) in [4.78, 5) is 18.3. The van der Waals surface area contributed by atoms with Crippen molar-refractivity contribution in [2.75, 3.05) is 23.8 Å². The molecule has 2 aromatic rings. The molecule has 21 heavy (non-hydrogen) atoms. The van der Waals surface area contributed by atoms with Gasteiger partial charge in [-0.3, -0.25) is 4.79 Å². The molecule has 0 saturated carbocycles. The number of carbonyl (C=O) groups is 1. The monoisotopic (exact) mass is 283 g/mol. The Morgan fingerprint density at radius 1 is 1.19 bits per heavy atom. The van der Waals surface area contributed by atoms with E-state index in [9.17, 15) is 4.79 Å². The Labute approximate surface area is 125 Å². The number of carbonyl (C=O) groups excluding carboxylic acids is 1. The lowest BCUT2D eigenvalue weighted by atomic mass is 10.1. The van der Waals surface area contributed by atoms with E-state index in [2.05, 4.69) is 16.4 Å². The van der Waals surface area contributed by atoms with Gasteiger partial charge in [-0.2, -0.15) is 0 Å². The second kappa shape index (κ2) is 6.39. The zero-order valence-corrected chi connectivity index (χ0v) is 13.0. The highest BCUT2D eigenvalue weighted by Gasteiger charge is 2.15. The number of pyridine rings is 1. The van der Waals surface area contributed by atoms with Crippen LogP contribution >= 0.6 is 0 Å². The number of rotatable bonds is 4. The first-order chi connectivity index (χ1) is 10.0. The van der Waals surface area contributed by atoms with Gasteiger partial charge in [0.15, 0.2) is 0 Å². The average molecular weight is 283 g/mol. The summed E-state index contributed by atoms with van der Waals surface area (Å²) in [5, 5.41) is 3.16. The SMILES string of the molecule is CCNc1ccc(C(=O)N(C)c2cc(C)cc(C)c2)nc1. The molecule has 2 rings (SSSR count). The van der Waals surface area contributed by atoms with E-state index in [0.717, 1.165) is 29.0 Å². The fourth-order valence-corrected chi connectivity index (χ4v) is 2.26. The number of nitrogens with one attached hydrogen (secondary N) is 1. The van der Waals surface area contributed by atoms with Crippen molar-refractivity contribution < 1.29 is 4.79 Å². The molecule has 0 aliphatic carbocycles. The molecule has 4 nitrogen and oxygen atoms in total. The van der Waals surface area contributed by atoms with Gasteiger partial charge in [0.2, 0.25) is 0 Å². The molecule has 0 radical (unpaired) electrons. The van der Waals surface area contributed by atoms with Crippen molar-refractivity contribution in [3.8, 4) is 0 Å². The van der Waals surface area contributed by atoms with Gasteiger partial charge in [0.05, 0.1) is 11.9 Å². The van der Waals surface area contributed by atoms with Gasteiger partial charge in [-0.05, 0) is 56.2 Å². The minimum Gasteiger partial charge on any atom is -0.384 e. The Morgan fingerprint density at radius 3 is 2.38 bits per heavy atom. The van der Waals surface area contributed by atoms with Crippen molar-refractivity contribution in [2.24, 2.45) is 0 Å². The Balaban J connectivity index is 2.22. The lowest BCUT2D eigenvalue weighted by Gasteiger charge is -2.18. The van der Waals surface area contributed by atoms with E-state index in [4.69, 9.17) is 0 Å². The van der Waals surface area contributed by atoms with Crippen LogP contribution < -0.4 is 10.2 Å². The average Bonchev–Trinajstić information content (AvgIpc) is 2.46. The first kappa shape index (κ1) is 15.0. The van der Waals surface area contributed by atoms with Crippen LogP contribution in [0, 0.1) is 13.8 Å². The fourth-order valence-electron chi connectivity index (χ4n) is 2.26. The van der Waals surface area contributed by atoms with E-state index < -0.39 is 0 Å². The van der Waals surface area contributed by atoms with Gasteiger partial charge in [0.25, 0.3) is 5.91 Å². The molecular weight excluding hydrogens is 262 g/mol. The number of benzene rings is 1. The number of hydrogen-bond donors (Lipinski definition) is 1. The van der Waals surface area contributed by atoms with E-state index in [1.165, 1.54) is 0 Å². The van der Waals surface area contributed by atoms with Gasteiger partial charge < -0.3 is 10.2 Å². The first-order valence-corrected chi connectivity index (χ1v) is 7.07. The molecule has 110 valence electrons. The van der Waals surface area contributed by atoms with Crippen molar-refractivity contribution >= 4 is 17.3 Å². The topological polar surface area (TPSA) is 45.2 Å². The van der Waals surface area contributed by atoms with Gasteiger partial charge in [0.1, 0.15) is 5.69 Å². The van der Waals surface area contributed by atoms with Crippen LogP contribution in [-0.2, 0) is 0 Å². The lowest BCUT2D eigenvalue weighted by Crippen LogP contribution is -2.27. The molecule has 0 spiro atoms. The second-order valence-corrected chi connectivity index (χ2v) is 5.17. The van der Waals surface area contributed by atoms with Crippen LogP contribution in [0.4, 0.5) is 11.4 Å². The number of aryl methyl sites for hydroxylation is 2. The molecule has 0 saturated heterocycles. The van der Waals surface area contributed by atoms with Crippen molar-refractivity contribution in [1.82, 2.24) is 4.98 Å². The normalized spacial score (nSPS) is 10.3. The van der Waals surface area contributed by atoms with E-state index >= 15 is 0 Å². The summed E-state index contributed by atoms with van der Waals surface area (Å²) in [7, 11) is 1.77. The predicted molar refractivity (Wildman–Crippen MR) is 87.1 cm³/mol. The predicted octanol–water partition coefficient (Wildman–Crippen LogP) is 3.41. The summed E-state index contributed by atoms with van der Waals surface area (Å²) in [5.41, 5.74) is 4.52. The summed E-state index contributed by atoms with van der Waals surface area (Å²) in [5.74, 6) is -0.108. The van der Waals surface area contributed by atoms with Gasteiger partial charge in [-0.15, -0.1) is 0 Å². The second-order valence-electron chi connectivity index (χ2n) is 5.17. The number of aromatic nitrogens is 1. The van der Waals surface area contributed by atoms with E-state index in [0.29, 0.717) is 5.69 Å². The molecule has 4 heteroatoms. The highest BCUT2D eigenvalue weighted by atomic mass is 16.2. The van der Waals surface area contributed by atoms with Crippen molar-refractivity contribution in [3.63, 3.8) is 0 Å². The van der Waals surface area contributed by atoms with Crippen LogP contribution in [0.25, 0.3) is 0 Å². The molecule has 0 aliphatic heterocycles. The first-order valence-electron chi connectivity index (χ1n) is 7.07. The molecule has 1 aromatic heterocycles. The molecule has 0 bridgehead atoms. The van der Waals surface area contributed by atoms with E-state index in [1.54, 1.807) is 24.2 Å². The molecule has 0 unspecified atom stereocenters. The molecule has 1 aromatic carbocycles. The fraction of sp³-hybridized carbons (Fsp3) is 0.294. The number of nitrogens with zero attached hydrogens (tertiary/aromatic N) is 2. The third-order valence-corrected chi connectivity index (χ3v) is 3.26. The number of amides is 1. The zero-order chi connectivity index (χ0) is 15.4. The largest absolute Gasteiger partial charge is 0.384 e. The molecule has 0 fully saturated rings. The molecule has 0 atom stereocenters. The van der Waals surface area contributed by atoms with Gasteiger partial charge >= 0.3 is 0 Å². The summed E-state index contributed by atoms with van der Waals surface area (Å²) < 4.78 is 0. The Bertz CT molecular complexity index is 615. The molecule has 1 N–H and O–H groups in total. The van der Waals surface area contributed by atoms with Crippen molar-refractivity contribution in [2.45, 2.75) is 20.8 Å². The summed E-state index contributed by atoms with van der Waals surface area (Å²) in [6.07, 6.45) is 1.69. The zero-order valence-electron chi connectivity index (χ0n) is 13.0. The van der Waals surface area contributed by atoms with Crippen LogP contribution in [0.1, 0.15) is 28.5 Å². The van der Waals surface area contributed by atoms with E-state index in [-0.39, 0.29) is 5.91 Å². The maximum atomic E-state index is 12.5. The highest BCUT2D eigenvalue weighted by molar-refractivity contribution is 6.04. The maximum Gasteiger partial charge on any atom is 0.276 e. The van der Waals surface area contributed by atoms with Crippen LogP contribution in [0.5, 0.6) is 0 Å². The summed E-state index contributed by atoms with van der Waals surface area (Å²) >= 11 is 0. The Kier molecular flexibility index (Phi) is 4.58. The minimum absolute atomic E-state index is 0.108. The quantitative estimate of drug-likeness (QED) is 0.935. The molecule has 1 amide bonds. The van der Waals surface area contributed by atoms with Crippen LogP contribution in [0.15, 0.2) is 36.5 Å². The molecule has 0 aliphatic rings. The van der Waals surface area contributed by atoms with Gasteiger partial charge in [-0.25, -0.2) is 4.98 Å². The Hall–Kier alpha value is -2.36. The third-order valence-electron chi connectivity index (χ3n) is 3.26. The maximum absolute atomic E-state index is 12.5. The van der Waals surface area contributed by atoms with Crippen molar-refractivity contribution in [1.29, 1.82) is 0 Å². The summed E-state index contributed by atoms with van der Waals surface area (Å²) in [6.45, 7) is 6.90. The molecule has 1 heterocycles. The number of hydrogen-bond acceptors (Lipinski definition) is 3. The minimum atomic E-state index is -0.108. The van der Waals surface area contributed by atoms with Crippen LogP contribution in [-0.4, -0.2) is 24.5 Å². The molecular formula is C17H21N3O. The lowest BCUT2D eigenvalue weighted by molar-refractivity contribution is 0.0988. The standard InChI is InChI=1S/C17H21N3O/c1-5-18-14-6-7-16(19-11-14)17(21)20(4)15-9-12(2)8-13(3)10-15/h6-11,18H,5H2,1-4H3. The summed E-state index contributed by atoms with van der Waals surface area (Å²) in [6, 6.07) is 9.71. The highest BCUT2D eigenvalue weighted by Crippen LogP contribution is 2.19.